The molecule has 1 amide bonds. The minimum atomic E-state index is -0.0626. The molecule has 3 aromatic heterocycles. The van der Waals surface area contributed by atoms with E-state index in [9.17, 15) is 4.79 Å². The number of carbonyl (C=O) groups excluding carboxylic acids is 1. The Balaban J connectivity index is 1.60. The lowest BCUT2D eigenvalue weighted by molar-refractivity contribution is 0.0739. The summed E-state index contributed by atoms with van der Waals surface area (Å²) in [6.45, 7) is 2.43. The summed E-state index contributed by atoms with van der Waals surface area (Å²) in [5.74, 6) is -0.0626. The van der Waals surface area contributed by atoms with E-state index < -0.39 is 0 Å². The Morgan fingerprint density at radius 3 is 2.91 bits per heavy atom. The molecule has 0 spiro atoms. The number of rotatable bonds is 3. The molecule has 1 N–H and O–H groups in total. The molecule has 1 aliphatic rings. The molecule has 23 heavy (non-hydrogen) atoms. The van der Waals surface area contributed by atoms with E-state index in [0.717, 1.165) is 24.4 Å². The van der Waals surface area contributed by atoms with Crippen molar-refractivity contribution in [3.8, 4) is 0 Å². The van der Waals surface area contributed by atoms with Crippen LogP contribution in [0.2, 0.25) is 0 Å². The molecule has 4 rings (SSSR count). The first-order valence-corrected chi connectivity index (χ1v) is 7.33. The van der Waals surface area contributed by atoms with Crippen LogP contribution in [0.1, 0.15) is 28.3 Å². The van der Waals surface area contributed by atoms with Crippen molar-refractivity contribution in [1.82, 2.24) is 44.9 Å². The lowest BCUT2D eigenvalue weighted by atomic mass is 10.2. The van der Waals surface area contributed by atoms with Crippen LogP contribution >= 0.6 is 0 Å². The molecule has 0 bridgehead atoms. The third-order valence-electron chi connectivity index (χ3n) is 3.87. The summed E-state index contributed by atoms with van der Waals surface area (Å²) < 4.78 is 3.71. The summed E-state index contributed by atoms with van der Waals surface area (Å²) in [6.07, 6.45) is 5.68. The first kappa shape index (κ1) is 13.6. The molecular formula is C13H15N9O. The van der Waals surface area contributed by atoms with Gasteiger partial charge in [-0.05, 0) is 12.5 Å². The van der Waals surface area contributed by atoms with E-state index in [1.807, 2.05) is 9.25 Å². The molecule has 0 atom stereocenters. The van der Waals surface area contributed by atoms with Gasteiger partial charge in [-0.3, -0.25) is 9.89 Å². The summed E-state index contributed by atoms with van der Waals surface area (Å²) in [6, 6.07) is 1.68. The van der Waals surface area contributed by atoms with Crippen molar-refractivity contribution in [2.75, 3.05) is 6.54 Å². The van der Waals surface area contributed by atoms with Crippen LogP contribution in [0, 0.1) is 0 Å². The van der Waals surface area contributed by atoms with Gasteiger partial charge < -0.3 is 9.47 Å². The number of nitrogens with one attached hydrogen (secondary N) is 1. The highest BCUT2D eigenvalue weighted by Gasteiger charge is 2.24. The fourth-order valence-corrected chi connectivity index (χ4v) is 2.71. The number of hydrogen-bond acceptors (Lipinski definition) is 6. The molecule has 10 nitrogen and oxygen atoms in total. The molecule has 0 aromatic carbocycles. The van der Waals surface area contributed by atoms with Gasteiger partial charge in [-0.15, -0.1) is 15.3 Å². The highest BCUT2D eigenvalue weighted by molar-refractivity contribution is 5.92. The number of H-pyrrole nitrogens is 1. The van der Waals surface area contributed by atoms with E-state index in [1.165, 1.54) is 0 Å². The van der Waals surface area contributed by atoms with E-state index in [1.54, 1.807) is 29.8 Å². The number of carbonyl (C=O) groups is 1. The number of hydrogen-bond donors (Lipinski definition) is 1. The minimum absolute atomic E-state index is 0.0626. The third kappa shape index (κ3) is 2.58. The van der Waals surface area contributed by atoms with Crippen LogP contribution in [0.25, 0.3) is 0 Å². The molecule has 10 heteroatoms. The van der Waals surface area contributed by atoms with E-state index in [2.05, 4.69) is 30.7 Å². The van der Waals surface area contributed by atoms with Crippen molar-refractivity contribution >= 4 is 5.91 Å². The number of aromatic nitrogens is 8. The molecule has 1 aliphatic heterocycles. The van der Waals surface area contributed by atoms with Gasteiger partial charge in [0, 0.05) is 19.3 Å². The number of aryl methyl sites for hydroxylation is 1. The van der Waals surface area contributed by atoms with Crippen LogP contribution in [-0.2, 0) is 19.6 Å². The average molecular weight is 313 g/mol. The fourth-order valence-electron chi connectivity index (χ4n) is 2.71. The molecule has 4 heterocycles. The van der Waals surface area contributed by atoms with E-state index in [4.69, 9.17) is 0 Å². The molecule has 0 radical (unpaired) electrons. The molecule has 3 aromatic rings. The second-order valence-corrected chi connectivity index (χ2v) is 5.39. The van der Waals surface area contributed by atoms with Crippen LogP contribution in [0.4, 0.5) is 0 Å². The standard InChI is InChI=1S/C13H15N9O/c23-13(10-2-3-14-17-10)21-4-1-5-22-12(7-21)11(18-19-22)6-20-8-15-16-9-20/h2-3,8-9H,1,4-7H2,(H,14,17). The predicted octanol–water partition coefficient (Wildman–Crippen LogP) is -0.313. The van der Waals surface area contributed by atoms with E-state index in [0.29, 0.717) is 25.3 Å². The molecule has 0 unspecified atom stereocenters. The molecule has 0 aliphatic carbocycles. The van der Waals surface area contributed by atoms with Crippen LogP contribution in [-0.4, -0.2) is 57.3 Å². The first-order chi connectivity index (χ1) is 11.3. The monoisotopic (exact) mass is 313 g/mol. The zero-order valence-corrected chi connectivity index (χ0v) is 12.3. The van der Waals surface area contributed by atoms with Crippen LogP contribution in [0.3, 0.4) is 0 Å². The lowest BCUT2D eigenvalue weighted by Gasteiger charge is -2.19. The Morgan fingerprint density at radius 1 is 1.26 bits per heavy atom. The summed E-state index contributed by atoms with van der Waals surface area (Å²) in [5, 5.41) is 22.6. The number of fused-ring (bicyclic) bond motifs is 1. The predicted molar refractivity (Wildman–Crippen MR) is 77.1 cm³/mol. The van der Waals surface area contributed by atoms with Gasteiger partial charge in [0.2, 0.25) is 0 Å². The van der Waals surface area contributed by atoms with Gasteiger partial charge in [-0.25, -0.2) is 4.68 Å². The topological polar surface area (TPSA) is 110 Å². The zero-order chi connectivity index (χ0) is 15.6. The quantitative estimate of drug-likeness (QED) is 0.710. The molecular weight excluding hydrogens is 298 g/mol. The largest absolute Gasteiger partial charge is 0.331 e. The summed E-state index contributed by atoms with van der Waals surface area (Å²) in [4.78, 5) is 14.3. The van der Waals surface area contributed by atoms with Crippen molar-refractivity contribution in [2.24, 2.45) is 0 Å². The second kappa shape index (κ2) is 5.63. The summed E-state index contributed by atoms with van der Waals surface area (Å²) in [7, 11) is 0. The molecule has 0 saturated heterocycles. The Hall–Kier alpha value is -3.04. The average Bonchev–Trinajstić information content (AvgIpc) is 3.29. The molecule has 0 saturated carbocycles. The zero-order valence-electron chi connectivity index (χ0n) is 12.3. The van der Waals surface area contributed by atoms with Crippen molar-refractivity contribution < 1.29 is 4.79 Å². The number of nitrogens with zero attached hydrogens (tertiary/aromatic N) is 8. The smallest absolute Gasteiger partial charge is 0.272 e. The van der Waals surface area contributed by atoms with Gasteiger partial charge in [-0.2, -0.15) is 5.10 Å². The van der Waals surface area contributed by atoms with E-state index in [-0.39, 0.29) is 5.91 Å². The number of amides is 1. The van der Waals surface area contributed by atoms with Crippen molar-refractivity contribution in [3.05, 3.63) is 42.0 Å². The first-order valence-electron chi connectivity index (χ1n) is 7.33. The van der Waals surface area contributed by atoms with Gasteiger partial charge in [0.05, 0.1) is 18.8 Å². The van der Waals surface area contributed by atoms with Gasteiger partial charge in [0.25, 0.3) is 5.91 Å². The normalized spacial score (nSPS) is 14.5. The fraction of sp³-hybridized carbons (Fsp3) is 0.385. The van der Waals surface area contributed by atoms with Crippen molar-refractivity contribution in [1.29, 1.82) is 0 Å². The van der Waals surface area contributed by atoms with Gasteiger partial charge in [0.1, 0.15) is 24.0 Å². The van der Waals surface area contributed by atoms with Gasteiger partial charge in [-0.1, -0.05) is 5.21 Å². The highest BCUT2D eigenvalue weighted by Crippen LogP contribution is 2.17. The van der Waals surface area contributed by atoms with Crippen LogP contribution < -0.4 is 0 Å². The van der Waals surface area contributed by atoms with Crippen LogP contribution in [0.5, 0.6) is 0 Å². The van der Waals surface area contributed by atoms with Gasteiger partial charge in [0.15, 0.2) is 0 Å². The van der Waals surface area contributed by atoms with Gasteiger partial charge >= 0.3 is 0 Å². The van der Waals surface area contributed by atoms with E-state index >= 15 is 0 Å². The number of aromatic amines is 1. The van der Waals surface area contributed by atoms with Crippen molar-refractivity contribution in [2.45, 2.75) is 26.1 Å². The Labute approximate surface area is 131 Å². The maximum Gasteiger partial charge on any atom is 0.272 e. The Morgan fingerprint density at radius 2 is 2.13 bits per heavy atom. The summed E-state index contributed by atoms with van der Waals surface area (Å²) >= 11 is 0. The second-order valence-electron chi connectivity index (χ2n) is 5.39. The Kier molecular flexibility index (Phi) is 3.33. The SMILES string of the molecule is O=C(c1ccn[nH]1)N1CCCn2nnc(Cn3cnnc3)c2C1. The molecule has 0 fully saturated rings. The highest BCUT2D eigenvalue weighted by atomic mass is 16.2. The lowest BCUT2D eigenvalue weighted by Crippen LogP contribution is -2.31. The molecule has 118 valence electrons. The van der Waals surface area contributed by atoms with Crippen LogP contribution in [0.15, 0.2) is 24.9 Å². The maximum absolute atomic E-state index is 12.6. The Bertz CT molecular complexity index is 790. The maximum atomic E-state index is 12.6. The third-order valence-corrected chi connectivity index (χ3v) is 3.87. The van der Waals surface area contributed by atoms with Crippen molar-refractivity contribution in [3.63, 3.8) is 0 Å². The minimum Gasteiger partial charge on any atom is -0.331 e. The summed E-state index contributed by atoms with van der Waals surface area (Å²) in [5.41, 5.74) is 2.27.